The summed E-state index contributed by atoms with van der Waals surface area (Å²) >= 11 is 1.24. The van der Waals surface area contributed by atoms with Crippen LogP contribution >= 0.6 is 11.3 Å². The van der Waals surface area contributed by atoms with Crippen molar-refractivity contribution in [2.45, 2.75) is 25.8 Å². The number of hydrogen-bond acceptors (Lipinski definition) is 7. The van der Waals surface area contributed by atoms with Gasteiger partial charge in [-0.3, -0.25) is 19.6 Å². The highest BCUT2D eigenvalue weighted by molar-refractivity contribution is 7.15. The molecule has 4 heterocycles. The monoisotopic (exact) mass is 392 g/mol. The van der Waals surface area contributed by atoms with Gasteiger partial charge in [0.15, 0.2) is 5.84 Å². The Morgan fingerprint density at radius 3 is 3.07 bits per heavy atom. The number of anilines is 2. The molecule has 28 heavy (non-hydrogen) atoms. The van der Waals surface area contributed by atoms with Crippen LogP contribution in [0.4, 0.5) is 10.7 Å². The molecule has 140 valence electrons. The van der Waals surface area contributed by atoms with Crippen LogP contribution in [0.1, 0.15) is 30.2 Å². The van der Waals surface area contributed by atoms with Crippen molar-refractivity contribution in [1.82, 2.24) is 4.98 Å². The number of aryl methyl sites for hydroxylation is 1. The molecule has 2 aromatic rings. The van der Waals surface area contributed by atoms with Crippen LogP contribution < -0.4 is 10.2 Å². The number of aromatic nitrogens is 1. The molecule has 2 amide bonds. The Kier molecular flexibility index (Phi) is 4.71. The molecule has 1 unspecified atom stereocenters. The van der Waals surface area contributed by atoms with Crippen molar-refractivity contribution in [2.75, 3.05) is 16.8 Å². The maximum absolute atomic E-state index is 12.7. The first kappa shape index (κ1) is 18.0. The minimum Gasteiger partial charge on any atom is -0.315 e. The molecule has 0 fully saturated rings. The van der Waals surface area contributed by atoms with E-state index >= 15 is 0 Å². The summed E-state index contributed by atoms with van der Waals surface area (Å²) in [5.41, 5.74) is 2.40. The first-order chi connectivity index (χ1) is 13.6. The van der Waals surface area contributed by atoms with Gasteiger partial charge >= 0.3 is 0 Å². The molecule has 4 rings (SSSR count). The molecule has 9 heteroatoms. The third kappa shape index (κ3) is 3.30. The van der Waals surface area contributed by atoms with Crippen molar-refractivity contribution in [3.63, 3.8) is 0 Å². The molecule has 0 spiro atoms. The van der Waals surface area contributed by atoms with Crippen LogP contribution in [-0.2, 0) is 16.0 Å². The smallest absolute Gasteiger partial charge is 0.245 e. The lowest BCUT2D eigenvalue weighted by Crippen LogP contribution is -2.41. The number of nitrogens with one attached hydrogen (secondary N) is 1. The molecular formula is C19H16N6O2S. The maximum atomic E-state index is 12.7. The molecule has 0 bridgehead atoms. The van der Waals surface area contributed by atoms with Crippen LogP contribution in [0.25, 0.3) is 0 Å². The van der Waals surface area contributed by atoms with Crippen LogP contribution in [0.5, 0.6) is 0 Å². The number of fused-ring (bicyclic) bond motifs is 1. The molecule has 0 saturated carbocycles. The number of nitriles is 1. The zero-order chi connectivity index (χ0) is 19.7. The predicted octanol–water partition coefficient (Wildman–Crippen LogP) is 2.15. The molecular weight excluding hydrogens is 376 g/mol. The molecule has 2 aromatic heterocycles. The van der Waals surface area contributed by atoms with E-state index in [2.05, 4.69) is 26.4 Å². The zero-order valence-electron chi connectivity index (χ0n) is 15.0. The lowest BCUT2D eigenvalue weighted by atomic mass is 10.1. The van der Waals surface area contributed by atoms with Crippen LogP contribution in [0.3, 0.4) is 0 Å². The summed E-state index contributed by atoms with van der Waals surface area (Å²) in [5, 5.41) is 14.4. The van der Waals surface area contributed by atoms with Crippen LogP contribution in [0, 0.1) is 11.3 Å². The number of carbonyl (C=O) groups is 2. The SMILES string of the molecule is CC1C=NC(c2c(C#N)csc2NC(=O)CN2C(=O)CCc3ncccc32)=N1. The number of carbonyl (C=O) groups excluding carboxylic acids is 2. The Labute approximate surface area is 165 Å². The number of thiophene rings is 1. The predicted molar refractivity (Wildman–Crippen MR) is 107 cm³/mol. The minimum absolute atomic E-state index is 0.0695. The molecule has 1 N–H and O–H groups in total. The van der Waals surface area contributed by atoms with Crippen molar-refractivity contribution in [1.29, 1.82) is 5.26 Å². The number of aliphatic imine (C=N–C) groups is 2. The Morgan fingerprint density at radius 2 is 2.32 bits per heavy atom. The van der Waals surface area contributed by atoms with Gasteiger partial charge in [0, 0.05) is 30.6 Å². The van der Waals surface area contributed by atoms with E-state index in [1.807, 2.05) is 6.92 Å². The normalized spacial score (nSPS) is 17.9. The largest absolute Gasteiger partial charge is 0.315 e. The highest BCUT2D eigenvalue weighted by Gasteiger charge is 2.28. The first-order valence-electron chi connectivity index (χ1n) is 8.75. The van der Waals surface area contributed by atoms with Gasteiger partial charge in [-0.15, -0.1) is 11.3 Å². The molecule has 0 radical (unpaired) electrons. The van der Waals surface area contributed by atoms with Gasteiger partial charge < -0.3 is 10.2 Å². The topological polar surface area (TPSA) is 111 Å². The molecule has 1 atom stereocenters. The quantitative estimate of drug-likeness (QED) is 0.859. The third-order valence-electron chi connectivity index (χ3n) is 4.46. The van der Waals surface area contributed by atoms with E-state index in [1.165, 1.54) is 16.2 Å². The van der Waals surface area contributed by atoms with E-state index in [9.17, 15) is 14.9 Å². The van der Waals surface area contributed by atoms with E-state index in [1.54, 1.807) is 29.9 Å². The van der Waals surface area contributed by atoms with Gasteiger partial charge in [0.05, 0.1) is 28.6 Å². The second-order valence-corrected chi connectivity index (χ2v) is 7.31. The fraction of sp³-hybridized carbons (Fsp3) is 0.263. The molecule has 8 nitrogen and oxygen atoms in total. The Bertz CT molecular complexity index is 1060. The van der Waals surface area contributed by atoms with E-state index in [0.29, 0.717) is 40.5 Å². The highest BCUT2D eigenvalue weighted by atomic mass is 32.1. The van der Waals surface area contributed by atoms with Gasteiger partial charge in [-0.25, -0.2) is 4.99 Å². The van der Waals surface area contributed by atoms with Gasteiger partial charge in [0.1, 0.15) is 17.6 Å². The molecule has 0 saturated heterocycles. The summed E-state index contributed by atoms with van der Waals surface area (Å²) in [6.07, 6.45) is 4.27. The lowest BCUT2D eigenvalue weighted by Gasteiger charge is -2.27. The van der Waals surface area contributed by atoms with Gasteiger partial charge in [-0.1, -0.05) is 0 Å². The maximum Gasteiger partial charge on any atom is 0.245 e. The van der Waals surface area contributed by atoms with Gasteiger partial charge in [0.2, 0.25) is 11.8 Å². The molecule has 0 aliphatic carbocycles. The lowest BCUT2D eigenvalue weighted by molar-refractivity contribution is -0.121. The number of nitrogens with zero attached hydrogens (tertiary/aromatic N) is 5. The fourth-order valence-electron chi connectivity index (χ4n) is 3.17. The zero-order valence-corrected chi connectivity index (χ0v) is 15.9. The Hall–Kier alpha value is -3.38. The summed E-state index contributed by atoms with van der Waals surface area (Å²) in [6, 6.07) is 5.58. The van der Waals surface area contributed by atoms with Crippen molar-refractivity contribution >= 4 is 45.9 Å². The fourth-order valence-corrected chi connectivity index (χ4v) is 4.07. The third-order valence-corrected chi connectivity index (χ3v) is 5.36. The molecule has 0 aromatic carbocycles. The standard InChI is InChI=1S/C19H16N6O2S/c1-11-8-22-18(23-11)17-12(7-20)10-28-19(17)24-15(26)9-25-14-3-2-6-21-13(14)4-5-16(25)27/h2-3,6,8,10-11H,4-5,9H2,1H3,(H,24,26). The van der Waals surface area contributed by atoms with Crippen LogP contribution in [0.2, 0.25) is 0 Å². The highest BCUT2D eigenvalue weighted by Crippen LogP contribution is 2.31. The van der Waals surface area contributed by atoms with E-state index < -0.39 is 0 Å². The summed E-state index contributed by atoms with van der Waals surface area (Å²) in [7, 11) is 0. The second-order valence-electron chi connectivity index (χ2n) is 6.43. The second kappa shape index (κ2) is 7.32. The van der Waals surface area contributed by atoms with Gasteiger partial charge in [-0.05, 0) is 19.1 Å². The molecule has 2 aliphatic rings. The first-order valence-corrected chi connectivity index (χ1v) is 9.63. The van der Waals surface area contributed by atoms with Crippen molar-refractivity contribution < 1.29 is 9.59 Å². The number of amides is 2. The Morgan fingerprint density at radius 1 is 1.46 bits per heavy atom. The van der Waals surface area contributed by atoms with E-state index in [4.69, 9.17) is 0 Å². The van der Waals surface area contributed by atoms with Crippen molar-refractivity contribution in [2.24, 2.45) is 9.98 Å². The Balaban J connectivity index is 1.57. The number of rotatable bonds is 4. The van der Waals surface area contributed by atoms with Gasteiger partial charge in [-0.2, -0.15) is 5.26 Å². The number of amidine groups is 1. The average Bonchev–Trinajstić information content (AvgIpc) is 3.29. The number of pyridine rings is 1. The summed E-state index contributed by atoms with van der Waals surface area (Å²) < 4.78 is 0. The van der Waals surface area contributed by atoms with Crippen molar-refractivity contribution in [3.8, 4) is 6.07 Å². The number of hydrogen-bond donors (Lipinski definition) is 1. The van der Waals surface area contributed by atoms with E-state index in [-0.39, 0.29) is 24.4 Å². The van der Waals surface area contributed by atoms with Crippen molar-refractivity contribution in [3.05, 3.63) is 40.5 Å². The summed E-state index contributed by atoms with van der Waals surface area (Å²) in [5.74, 6) is -0.0316. The minimum atomic E-state index is -0.353. The van der Waals surface area contributed by atoms with Crippen LogP contribution in [0.15, 0.2) is 33.7 Å². The van der Waals surface area contributed by atoms with Gasteiger partial charge in [0.25, 0.3) is 0 Å². The van der Waals surface area contributed by atoms with Crippen LogP contribution in [-0.4, -0.2) is 41.4 Å². The average molecular weight is 392 g/mol. The molecule has 2 aliphatic heterocycles. The summed E-state index contributed by atoms with van der Waals surface area (Å²) in [6.45, 7) is 1.77. The summed E-state index contributed by atoms with van der Waals surface area (Å²) in [4.78, 5) is 39.4. The van der Waals surface area contributed by atoms with E-state index in [0.717, 1.165) is 5.69 Å².